The summed E-state index contributed by atoms with van der Waals surface area (Å²) in [6.07, 6.45) is 1.30. The predicted molar refractivity (Wildman–Crippen MR) is 111 cm³/mol. The third-order valence-corrected chi connectivity index (χ3v) is 5.21. The van der Waals surface area contributed by atoms with Crippen LogP contribution in [0, 0.1) is 6.92 Å². The molecule has 0 spiro atoms. The smallest absolute Gasteiger partial charge is 0.222 e. The van der Waals surface area contributed by atoms with Gasteiger partial charge in [-0.1, -0.05) is 54.1 Å². The Morgan fingerprint density at radius 2 is 1.79 bits per heavy atom. The molecule has 0 saturated carbocycles. The van der Waals surface area contributed by atoms with E-state index in [4.69, 9.17) is 0 Å². The Labute approximate surface area is 167 Å². The van der Waals surface area contributed by atoms with Crippen LogP contribution in [0.4, 0.5) is 0 Å². The van der Waals surface area contributed by atoms with Gasteiger partial charge in [0.2, 0.25) is 11.8 Å². The molecule has 2 aromatic carbocycles. The Kier molecular flexibility index (Phi) is 6.82. The maximum Gasteiger partial charge on any atom is 0.222 e. The summed E-state index contributed by atoms with van der Waals surface area (Å²) in [7, 11) is 0. The van der Waals surface area contributed by atoms with E-state index >= 15 is 0 Å². The van der Waals surface area contributed by atoms with Gasteiger partial charge in [-0.05, 0) is 30.0 Å². The molecular weight excluding hydrogens is 350 g/mol. The number of carbonyl (C=O) groups is 2. The van der Waals surface area contributed by atoms with Crippen LogP contribution in [-0.2, 0) is 22.6 Å². The second kappa shape index (κ2) is 9.51. The average molecular weight is 380 g/mol. The predicted octanol–water partition coefficient (Wildman–Crippen LogP) is 2.74. The first-order chi connectivity index (χ1) is 13.5. The van der Waals surface area contributed by atoms with Gasteiger partial charge in [0.25, 0.3) is 0 Å². The Bertz CT molecular complexity index is 817. The highest BCUT2D eigenvalue weighted by atomic mass is 16.2. The van der Waals surface area contributed by atoms with Crippen molar-refractivity contribution in [2.75, 3.05) is 19.6 Å². The number of nitrogens with one attached hydrogen (secondary N) is 2. The van der Waals surface area contributed by atoms with Gasteiger partial charge >= 0.3 is 0 Å². The number of hydrogen-bond donors (Lipinski definition) is 2. The fourth-order valence-corrected chi connectivity index (χ4v) is 3.65. The molecule has 5 heteroatoms. The van der Waals surface area contributed by atoms with E-state index in [2.05, 4.69) is 39.8 Å². The molecule has 1 aliphatic rings. The van der Waals surface area contributed by atoms with E-state index in [1.54, 1.807) is 0 Å². The van der Waals surface area contributed by atoms with E-state index in [1.807, 2.05) is 31.2 Å². The van der Waals surface area contributed by atoms with E-state index in [-0.39, 0.29) is 24.3 Å². The fraction of sp³-hybridized carbons (Fsp3) is 0.391. The molecule has 0 saturated heterocycles. The van der Waals surface area contributed by atoms with Crippen LogP contribution in [0.2, 0.25) is 0 Å². The second-order valence-electron chi connectivity index (χ2n) is 7.51. The molecule has 0 aliphatic carbocycles. The van der Waals surface area contributed by atoms with Crippen molar-refractivity contribution in [3.63, 3.8) is 0 Å². The van der Waals surface area contributed by atoms with E-state index in [0.717, 1.165) is 37.2 Å². The van der Waals surface area contributed by atoms with Gasteiger partial charge in [-0.3, -0.25) is 14.5 Å². The minimum absolute atomic E-state index is 0.0447. The largest absolute Gasteiger partial charge is 0.355 e. The molecule has 0 radical (unpaired) electrons. The summed E-state index contributed by atoms with van der Waals surface area (Å²) in [5, 5.41) is 5.89. The molecule has 1 heterocycles. The van der Waals surface area contributed by atoms with Crippen molar-refractivity contribution < 1.29 is 9.59 Å². The molecule has 5 nitrogen and oxygen atoms in total. The molecule has 2 amide bonds. The number of aryl methyl sites for hydroxylation is 1. The van der Waals surface area contributed by atoms with Crippen LogP contribution in [0.3, 0.4) is 0 Å². The summed E-state index contributed by atoms with van der Waals surface area (Å²) in [4.78, 5) is 26.4. The van der Waals surface area contributed by atoms with Crippen LogP contribution >= 0.6 is 0 Å². The minimum Gasteiger partial charge on any atom is -0.355 e. The Balaban J connectivity index is 1.48. The molecular formula is C23H29N3O2. The molecule has 2 aromatic rings. The lowest BCUT2D eigenvalue weighted by molar-refractivity contribution is -0.122. The van der Waals surface area contributed by atoms with Crippen LogP contribution in [0.25, 0.3) is 0 Å². The van der Waals surface area contributed by atoms with Gasteiger partial charge in [-0.15, -0.1) is 0 Å². The van der Waals surface area contributed by atoms with Gasteiger partial charge in [0.05, 0.1) is 12.5 Å². The summed E-state index contributed by atoms with van der Waals surface area (Å²) in [6, 6.07) is 16.2. The molecule has 0 fully saturated rings. The maximum atomic E-state index is 12.4. The van der Waals surface area contributed by atoms with Gasteiger partial charge in [-0.2, -0.15) is 0 Å². The van der Waals surface area contributed by atoms with Crippen molar-refractivity contribution in [2.45, 2.75) is 39.3 Å². The van der Waals surface area contributed by atoms with E-state index in [9.17, 15) is 9.59 Å². The Morgan fingerprint density at radius 3 is 2.50 bits per heavy atom. The van der Waals surface area contributed by atoms with Gasteiger partial charge in [-0.25, -0.2) is 0 Å². The third kappa shape index (κ3) is 5.67. The normalized spacial score (nSPS) is 14.8. The molecule has 1 unspecified atom stereocenters. The summed E-state index contributed by atoms with van der Waals surface area (Å²) in [6.45, 7) is 6.89. The van der Waals surface area contributed by atoms with Crippen molar-refractivity contribution in [3.05, 3.63) is 70.8 Å². The van der Waals surface area contributed by atoms with Crippen molar-refractivity contribution in [2.24, 2.45) is 0 Å². The van der Waals surface area contributed by atoms with E-state index < -0.39 is 0 Å². The SMILES string of the molecule is CC(=O)NC(CC(=O)NCCN1CCc2ccccc2C1)c1ccc(C)cc1. The molecule has 28 heavy (non-hydrogen) atoms. The summed E-state index contributed by atoms with van der Waals surface area (Å²) < 4.78 is 0. The molecule has 3 rings (SSSR count). The van der Waals surface area contributed by atoms with Crippen molar-refractivity contribution >= 4 is 11.8 Å². The topological polar surface area (TPSA) is 61.4 Å². The molecule has 1 aliphatic heterocycles. The number of carbonyl (C=O) groups excluding carboxylic acids is 2. The highest BCUT2D eigenvalue weighted by Crippen LogP contribution is 2.19. The first-order valence-corrected chi connectivity index (χ1v) is 9.91. The lowest BCUT2D eigenvalue weighted by atomic mass is 10.00. The summed E-state index contributed by atoms with van der Waals surface area (Å²) in [5.41, 5.74) is 4.91. The van der Waals surface area contributed by atoms with Crippen molar-refractivity contribution in [1.82, 2.24) is 15.5 Å². The van der Waals surface area contributed by atoms with E-state index in [0.29, 0.717) is 6.54 Å². The zero-order valence-electron chi connectivity index (χ0n) is 16.7. The quantitative estimate of drug-likeness (QED) is 0.778. The van der Waals surface area contributed by atoms with Crippen LogP contribution in [0.15, 0.2) is 48.5 Å². The molecule has 2 N–H and O–H groups in total. The molecule has 0 bridgehead atoms. The Hall–Kier alpha value is -2.66. The van der Waals surface area contributed by atoms with Crippen LogP contribution < -0.4 is 10.6 Å². The summed E-state index contributed by atoms with van der Waals surface area (Å²) >= 11 is 0. The molecule has 148 valence electrons. The standard InChI is InChI=1S/C23H29N3O2/c1-17-7-9-20(10-8-17)22(25-18(2)27)15-23(28)24-12-14-26-13-11-19-5-3-4-6-21(19)16-26/h3-10,22H,11-16H2,1-2H3,(H,24,28)(H,25,27). The van der Waals surface area contributed by atoms with Crippen molar-refractivity contribution in [3.8, 4) is 0 Å². The summed E-state index contributed by atoms with van der Waals surface area (Å²) in [5.74, 6) is -0.179. The van der Waals surface area contributed by atoms with Crippen LogP contribution in [-0.4, -0.2) is 36.3 Å². The number of rotatable bonds is 7. The number of amides is 2. The second-order valence-corrected chi connectivity index (χ2v) is 7.51. The van der Waals surface area contributed by atoms with Crippen LogP contribution in [0.1, 0.15) is 41.6 Å². The molecule has 1 atom stereocenters. The third-order valence-electron chi connectivity index (χ3n) is 5.21. The fourth-order valence-electron chi connectivity index (χ4n) is 3.65. The zero-order valence-corrected chi connectivity index (χ0v) is 16.7. The number of nitrogens with zero attached hydrogens (tertiary/aromatic N) is 1. The monoisotopic (exact) mass is 379 g/mol. The lowest BCUT2D eigenvalue weighted by Crippen LogP contribution is -2.39. The Morgan fingerprint density at radius 1 is 1.07 bits per heavy atom. The van der Waals surface area contributed by atoms with Gasteiger partial charge < -0.3 is 10.6 Å². The minimum atomic E-state index is -0.306. The highest BCUT2D eigenvalue weighted by molar-refractivity contribution is 5.79. The zero-order chi connectivity index (χ0) is 19.9. The van der Waals surface area contributed by atoms with Crippen molar-refractivity contribution in [1.29, 1.82) is 0 Å². The van der Waals surface area contributed by atoms with Crippen LogP contribution in [0.5, 0.6) is 0 Å². The van der Waals surface area contributed by atoms with Gasteiger partial charge in [0.1, 0.15) is 0 Å². The van der Waals surface area contributed by atoms with E-state index in [1.165, 1.54) is 18.1 Å². The first-order valence-electron chi connectivity index (χ1n) is 9.91. The number of fused-ring (bicyclic) bond motifs is 1. The highest BCUT2D eigenvalue weighted by Gasteiger charge is 2.18. The molecule has 0 aromatic heterocycles. The van der Waals surface area contributed by atoms with Gasteiger partial charge in [0, 0.05) is 33.1 Å². The van der Waals surface area contributed by atoms with Gasteiger partial charge in [0.15, 0.2) is 0 Å². The maximum absolute atomic E-state index is 12.4. The lowest BCUT2D eigenvalue weighted by Gasteiger charge is -2.28. The number of hydrogen-bond acceptors (Lipinski definition) is 3. The average Bonchev–Trinajstić information content (AvgIpc) is 2.67. The number of benzene rings is 2. The first kappa shape index (κ1) is 20.1.